The largest absolute Gasteiger partial charge is 0.497 e. The van der Waals surface area contributed by atoms with E-state index in [0.717, 1.165) is 0 Å². The van der Waals surface area contributed by atoms with Gasteiger partial charge in [-0.15, -0.1) is 0 Å². The van der Waals surface area contributed by atoms with Crippen LogP contribution in [0.15, 0.2) is 66.2 Å². The lowest BCUT2D eigenvalue weighted by Gasteiger charge is -2.15. The van der Waals surface area contributed by atoms with Crippen LogP contribution in [0.2, 0.25) is 0 Å². The smallest absolute Gasteiger partial charge is 0.266 e. The van der Waals surface area contributed by atoms with Crippen LogP contribution in [0.25, 0.3) is 6.08 Å². The molecule has 0 heterocycles. The minimum atomic E-state index is -0.571. The van der Waals surface area contributed by atoms with Gasteiger partial charge in [0.25, 0.3) is 11.8 Å². The van der Waals surface area contributed by atoms with Crippen LogP contribution in [0.4, 0.5) is 15.8 Å². The number of ether oxygens (including phenoxy) is 3. The third-order valence-electron chi connectivity index (χ3n) is 4.83. The Labute approximate surface area is 227 Å². The van der Waals surface area contributed by atoms with Crippen molar-refractivity contribution in [3.63, 3.8) is 0 Å². The minimum Gasteiger partial charge on any atom is -0.497 e. The molecule has 37 heavy (non-hydrogen) atoms. The molecule has 0 aliphatic carbocycles. The summed E-state index contributed by atoms with van der Waals surface area (Å²) in [5, 5.41) is 14.9. The van der Waals surface area contributed by atoms with E-state index in [-0.39, 0.29) is 12.2 Å². The summed E-state index contributed by atoms with van der Waals surface area (Å²) in [6, 6.07) is 17.3. The summed E-state index contributed by atoms with van der Waals surface area (Å²) in [6.07, 6.45) is 1.44. The summed E-state index contributed by atoms with van der Waals surface area (Å²) in [7, 11) is 1.54. The van der Waals surface area contributed by atoms with E-state index in [1.54, 1.807) is 50.4 Å². The zero-order valence-corrected chi connectivity index (χ0v) is 22.2. The van der Waals surface area contributed by atoms with E-state index >= 15 is 0 Å². The Morgan fingerprint density at radius 3 is 2.30 bits per heavy atom. The molecule has 0 aromatic heterocycles. The molecular weight excluding hydrogens is 592 g/mol. The standard InChI is InChI=1S/C27H23FIN3O5/c1-3-36-24-14-17(12-18(15-30)27(34)32-21-8-10-22(35-2)11-9-21)13-23(29)26(24)37-16-25(33)31-20-6-4-19(28)5-7-20/h4-14H,3,16H2,1-2H3,(H,31,33)(H,32,34)/b18-12-. The van der Waals surface area contributed by atoms with Crippen LogP contribution in [-0.2, 0) is 9.59 Å². The molecule has 0 saturated carbocycles. The summed E-state index contributed by atoms with van der Waals surface area (Å²) >= 11 is 2.02. The lowest BCUT2D eigenvalue weighted by molar-refractivity contribution is -0.118. The highest BCUT2D eigenvalue weighted by molar-refractivity contribution is 14.1. The van der Waals surface area contributed by atoms with Crippen molar-refractivity contribution in [2.45, 2.75) is 6.92 Å². The van der Waals surface area contributed by atoms with Crippen LogP contribution in [0.3, 0.4) is 0 Å². The Bertz CT molecular complexity index is 1340. The first kappa shape index (κ1) is 27.5. The molecule has 0 fully saturated rings. The van der Waals surface area contributed by atoms with E-state index in [9.17, 15) is 19.2 Å². The number of benzene rings is 3. The predicted molar refractivity (Wildman–Crippen MR) is 146 cm³/mol. The van der Waals surface area contributed by atoms with Gasteiger partial charge in [0.2, 0.25) is 0 Å². The monoisotopic (exact) mass is 615 g/mol. The average Bonchev–Trinajstić information content (AvgIpc) is 2.88. The fraction of sp³-hybridized carbons (Fsp3) is 0.148. The quantitative estimate of drug-likeness (QED) is 0.180. The SMILES string of the molecule is CCOc1cc(/C=C(/C#N)C(=O)Nc2ccc(OC)cc2)cc(I)c1OCC(=O)Nc1ccc(F)cc1. The molecule has 2 N–H and O–H groups in total. The molecule has 3 aromatic rings. The first-order valence-electron chi connectivity index (χ1n) is 11.0. The van der Waals surface area contributed by atoms with Gasteiger partial charge in [-0.2, -0.15) is 5.26 Å². The van der Waals surface area contributed by atoms with Crippen molar-refractivity contribution >= 4 is 51.9 Å². The van der Waals surface area contributed by atoms with Crippen LogP contribution in [0.1, 0.15) is 12.5 Å². The van der Waals surface area contributed by atoms with E-state index in [4.69, 9.17) is 14.2 Å². The summed E-state index contributed by atoms with van der Waals surface area (Å²) < 4.78 is 30.2. The van der Waals surface area contributed by atoms with Crippen molar-refractivity contribution in [1.82, 2.24) is 0 Å². The fourth-order valence-corrected chi connectivity index (χ4v) is 3.91. The zero-order valence-electron chi connectivity index (χ0n) is 20.0. The highest BCUT2D eigenvalue weighted by atomic mass is 127. The number of nitrogens with zero attached hydrogens (tertiary/aromatic N) is 1. The van der Waals surface area contributed by atoms with Gasteiger partial charge in [0.05, 0.1) is 17.3 Å². The van der Waals surface area contributed by atoms with Gasteiger partial charge >= 0.3 is 0 Å². The van der Waals surface area contributed by atoms with Crippen LogP contribution >= 0.6 is 22.6 Å². The molecule has 3 rings (SSSR count). The van der Waals surface area contributed by atoms with Gasteiger partial charge in [-0.3, -0.25) is 9.59 Å². The molecule has 0 aliphatic heterocycles. The number of carbonyl (C=O) groups is 2. The van der Waals surface area contributed by atoms with E-state index < -0.39 is 17.6 Å². The number of nitriles is 1. The van der Waals surface area contributed by atoms with Gasteiger partial charge < -0.3 is 24.8 Å². The average molecular weight is 615 g/mol. The number of halogens is 2. The number of carbonyl (C=O) groups excluding carboxylic acids is 2. The Balaban J connectivity index is 1.75. The maximum atomic E-state index is 13.1. The van der Waals surface area contributed by atoms with E-state index in [1.165, 1.54) is 30.3 Å². The normalized spacial score (nSPS) is 10.7. The van der Waals surface area contributed by atoms with Gasteiger partial charge in [0.1, 0.15) is 23.2 Å². The summed E-state index contributed by atoms with van der Waals surface area (Å²) in [5.74, 6) is -0.0771. The molecule has 0 bridgehead atoms. The van der Waals surface area contributed by atoms with Gasteiger partial charge in [-0.1, -0.05) is 0 Å². The van der Waals surface area contributed by atoms with E-state index in [0.29, 0.717) is 44.4 Å². The summed E-state index contributed by atoms with van der Waals surface area (Å²) in [5.41, 5.74) is 1.38. The van der Waals surface area contributed by atoms with Crippen molar-refractivity contribution in [2.75, 3.05) is 31.0 Å². The number of hydrogen-bond acceptors (Lipinski definition) is 6. The third kappa shape index (κ3) is 7.94. The highest BCUT2D eigenvalue weighted by Crippen LogP contribution is 2.35. The highest BCUT2D eigenvalue weighted by Gasteiger charge is 2.16. The molecule has 0 spiro atoms. The minimum absolute atomic E-state index is 0.110. The fourth-order valence-electron chi connectivity index (χ4n) is 3.13. The van der Waals surface area contributed by atoms with Crippen LogP contribution in [0, 0.1) is 20.7 Å². The maximum Gasteiger partial charge on any atom is 0.266 e. The predicted octanol–water partition coefficient (Wildman–Crippen LogP) is 5.40. The Morgan fingerprint density at radius 1 is 1.03 bits per heavy atom. The zero-order chi connectivity index (χ0) is 26.8. The molecule has 0 aliphatic rings. The van der Waals surface area contributed by atoms with Crippen molar-refractivity contribution in [3.8, 4) is 23.3 Å². The van der Waals surface area contributed by atoms with E-state index in [2.05, 4.69) is 10.6 Å². The first-order valence-corrected chi connectivity index (χ1v) is 12.1. The number of anilines is 2. The third-order valence-corrected chi connectivity index (χ3v) is 5.63. The molecular formula is C27H23FIN3O5. The summed E-state index contributed by atoms with van der Waals surface area (Å²) in [6.45, 7) is 1.81. The van der Waals surface area contributed by atoms with Gasteiger partial charge in [0, 0.05) is 11.4 Å². The number of rotatable bonds is 10. The molecule has 8 nitrogen and oxygen atoms in total. The van der Waals surface area contributed by atoms with Gasteiger partial charge in [0.15, 0.2) is 18.1 Å². The second kappa shape index (κ2) is 13.3. The Morgan fingerprint density at radius 2 is 1.68 bits per heavy atom. The maximum absolute atomic E-state index is 13.1. The molecule has 0 radical (unpaired) electrons. The first-order chi connectivity index (χ1) is 17.8. The van der Waals surface area contributed by atoms with Gasteiger partial charge in [-0.05, 0) is 102 Å². The van der Waals surface area contributed by atoms with Crippen molar-refractivity contribution in [1.29, 1.82) is 5.26 Å². The lowest BCUT2D eigenvalue weighted by Crippen LogP contribution is -2.20. The van der Waals surface area contributed by atoms with Crippen LogP contribution < -0.4 is 24.8 Å². The topological polar surface area (TPSA) is 110 Å². The van der Waals surface area contributed by atoms with Gasteiger partial charge in [-0.25, -0.2) is 4.39 Å². The van der Waals surface area contributed by atoms with Crippen LogP contribution in [-0.4, -0.2) is 32.1 Å². The van der Waals surface area contributed by atoms with Crippen molar-refractivity contribution in [3.05, 3.63) is 81.2 Å². The lowest BCUT2D eigenvalue weighted by atomic mass is 10.1. The molecule has 190 valence electrons. The number of nitrogens with one attached hydrogen (secondary N) is 2. The van der Waals surface area contributed by atoms with Crippen molar-refractivity contribution in [2.24, 2.45) is 0 Å². The molecule has 0 atom stereocenters. The Kier molecular flexibility index (Phi) is 9.85. The molecule has 3 aromatic carbocycles. The Hall–Kier alpha value is -4.11. The van der Waals surface area contributed by atoms with E-state index in [1.807, 2.05) is 28.7 Å². The number of hydrogen-bond donors (Lipinski definition) is 2. The number of methoxy groups -OCH3 is 1. The van der Waals surface area contributed by atoms with Crippen molar-refractivity contribution < 1.29 is 28.2 Å². The molecule has 10 heteroatoms. The van der Waals surface area contributed by atoms with Crippen LogP contribution in [0.5, 0.6) is 17.2 Å². The second-order valence-corrected chi connectivity index (χ2v) is 8.62. The molecule has 0 unspecified atom stereocenters. The second-order valence-electron chi connectivity index (χ2n) is 7.46. The summed E-state index contributed by atoms with van der Waals surface area (Å²) in [4.78, 5) is 24.9. The molecule has 2 amide bonds. The molecule has 0 saturated heterocycles. The number of amides is 2.